The molecule has 0 unspecified atom stereocenters. The molecule has 0 radical (unpaired) electrons. The van der Waals surface area contributed by atoms with Crippen molar-refractivity contribution in [3.05, 3.63) is 30.0 Å². The second kappa shape index (κ2) is 4.51. The Morgan fingerprint density at radius 2 is 2.11 bits per heavy atom. The van der Waals surface area contributed by atoms with E-state index >= 15 is 0 Å². The van der Waals surface area contributed by atoms with Crippen LogP contribution < -0.4 is 5.32 Å². The topological polar surface area (TPSA) is 61.6 Å². The maximum Gasteiger partial charge on any atom is 0.186 e. The predicted molar refractivity (Wildman–Crippen MR) is 74.7 cm³/mol. The lowest BCUT2D eigenvalue weighted by Gasteiger charge is -2.43. The first-order chi connectivity index (χ1) is 9.28. The van der Waals surface area contributed by atoms with Crippen LogP contribution in [0.3, 0.4) is 0 Å². The Morgan fingerprint density at radius 3 is 2.74 bits per heavy atom. The number of rotatable bonds is 3. The average Bonchev–Trinajstić information content (AvgIpc) is 2.42. The minimum absolute atomic E-state index is 0.136. The molecule has 3 rings (SSSR count). The van der Waals surface area contributed by atoms with Gasteiger partial charge in [0.05, 0.1) is 11.2 Å². The molecule has 1 aliphatic carbocycles. The van der Waals surface area contributed by atoms with Crippen LogP contribution >= 0.6 is 0 Å². The third-order valence-corrected chi connectivity index (χ3v) is 4.15. The Kier molecular flexibility index (Phi) is 2.83. The zero-order chi connectivity index (χ0) is 13.3. The highest BCUT2D eigenvalue weighted by atomic mass is 15.1. The first kappa shape index (κ1) is 11.9. The third-order valence-electron chi connectivity index (χ3n) is 4.15. The van der Waals surface area contributed by atoms with Gasteiger partial charge in [0.25, 0.3) is 0 Å². The number of nitriles is 1. The normalized spacial score (nSPS) is 16.6. The second-order valence-corrected chi connectivity index (χ2v) is 5.16. The van der Waals surface area contributed by atoms with Crippen LogP contribution in [0.15, 0.2) is 24.3 Å². The second-order valence-electron chi connectivity index (χ2n) is 5.16. The van der Waals surface area contributed by atoms with Gasteiger partial charge in [0.1, 0.15) is 6.07 Å². The summed E-state index contributed by atoms with van der Waals surface area (Å²) in [5, 5.41) is 21.9. The van der Waals surface area contributed by atoms with Crippen LogP contribution in [0.25, 0.3) is 10.9 Å². The summed E-state index contributed by atoms with van der Waals surface area (Å²) in [6.45, 7) is 2.19. The number of benzene rings is 1. The van der Waals surface area contributed by atoms with Crippen molar-refractivity contribution in [2.75, 3.05) is 5.32 Å². The summed E-state index contributed by atoms with van der Waals surface area (Å²) in [7, 11) is 0. The number of aromatic nitrogens is 2. The summed E-state index contributed by atoms with van der Waals surface area (Å²) < 4.78 is 0. The summed E-state index contributed by atoms with van der Waals surface area (Å²) >= 11 is 0. The van der Waals surface area contributed by atoms with Crippen LogP contribution in [0, 0.1) is 11.3 Å². The molecule has 19 heavy (non-hydrogen) atoms. The van der Waals surface area contributed by atoms with E-state index in [0.29, 0.717) is 5.69 Å². The zero-order valence-electron chi connectivity index (χ0n) is 11.0. The van der Waals surface area contributed by atoms with Crippen molar-refractivity contribution in [1.29, 1.82) is 5.26 Å². The molecule has 0 bridgehead atoms. The fourth-order valence-corrected chi connectivity index (χ4v) is 2.69. The molecule has 4 heteroatoms. The van der Waals surface area contributed by atoms with E-state index in [4.69, 9.17) is 0 Å². The van der Waals surface area contributed by atoms with Crippen molar-refractivity contribution in [3.63, 3.8) is 0 Å². The fourth-order valence-electron chi connectivity index (χ4n) is 2.69. The Bertz CT molecular complexity index is 647. The van der Waals surface area contributed by atoms with Gasteiger partial charge in [0.15, 0.2) is 5.69 Å². The van der Waals surface area contributed by atoms with Crippen LogP contribution in [-0.4, -0.2) is 15.7 Å². The molecule has 1 N–H and O–H groups in total. The lowest BCUT2D eigenvalue weighted by molar-refractivity contribution is 0.269. The number of nitrogens with zero attached hydrogens (tertiary/aromatic N) is 3. The van der Waals surface area contributed by atoms with Gasteiger partial charge in [-0.1, -0.05) is 25.1 Å². The van der Waals surface area contributed by atoms with Crippen LogP contribution in [0.4, 0.5) is 5.69 Å². The van der Waals surface area contributed by atoms with Gasteiger partial charge in [-0.05, 0) is 31.7 Å². The number of anilines is 1. The molecule has 0 atom stereocenters. The van der Waals surface area contributed by atoms with E-state index in [1.54, 1.807) is 0 Å². The van der Waals surface area contributed by atoms with Gasteiger partial charge in [-0.15, -0.1) is 10.2 Å². The van der Waals surface area contributed by atoms with Gasteiger partial charge in [-0.3, -0.25) is 0 Å². The largest absolute Gasteiger partial charge is 0.377 e. The average molecular weight is 252 g/mol. The first-order valence-electron chi connectivity index (χ1n) is 6.72. The molecule has 96 valence electrons. The van der Waals surface area contributed by atoms with E-state index in [0.717, 1.165) is 35.9 Å². The molecule has 0 spiro atoms. The molecule has 1 saturated carbocycles. The quantitative estimate of drug-likeness (QED) is 0.910. The lowest BCUT2D eigenvalue weighted by Crippen LogP contribution is -2.44. The highest BCUT2D eigenvalue weighted by Gasteiger charge is 2.36. The fraction of sp³-hybridized carbons (Fsp3) is 0.400. The number of hydrogen-bond donors (Lipinski definition) is 1. The minimum atomic E-state index is 0.136. The van der Waals surface area contributed by atoms with Crippen molar-refractivity contribution >= 4 is 16.6 Å². The smallest absolute Gasteiger partial charge is 0.186 e. The van der Waals surface area contributed by atoms with Crippen molar-refractivity contribution in [2.45, 2.75) is 38.1 Å². The van der Waals surface area contributed by atoms with Gasteiger partial charge in [-0.25, -0.2) is 0 Å². The molecule has 1 aliphatic rings. The number of nitrogens with one attached hydrogen (secondary N) is 1. The van der Waals surface area contributed by atoms with E-state index in [1.165, 1.54) is 6.42 Å². The third kappa shape index (κ3) is 1.91. The predicted octanol–water partition coefficient (Wildman–Crippen LogP) is 3.25. The lowest BCUT2D eigenvalue weighted by atomic mass is 9.74. The van der Waals surface area contributed by atoms with Gasteiger partial charge in [0.2, 0.25) is 0 Å². The zero-order valence-corrected chi connectivity index (χ0v) is 11.0. The summed E-state index contributed by atoms with van der Waals surface area (Å²) in [6, 6.07) is 9.97. The maximum atomic E-state index is 9.25. The van der Waals surface area contributed by atoms with Crippen LogP contribution in [0.2, 0.25) is 0 Å². The summed E-state index contributed by atoms with van der Waals surface area (Å²) in [5.41, 5.74) is 2.19. The van der Waals surface area contributed by atoms with Gasteiger partial charge < -0.3 is 5.32 Å². The molecule has 1 fully saturated rings. The standard InChI is InChI=1S/C15H16N4/c1-2-15(8-5-9-15)17-14-11-6-3-4-7-12(11)18-19-13(14)10-16/h3-4,6-7H,2,5,8-9H2,1H3,(H,17,18). The molecule has 0 saturated heterocycles. The van der Waals surface area contributed by atoms with E-state index in [2.05, 4.69) is 28.5 Å². The molecular weight excluding hydrogens is 236 g/mol. The van der Waals surface area contributed by atoms with Crippen molar-refractivity contribution in [3.8, 4) is 6.07 Å². The Morgan fingerprint density at radius 1 is 1.32 bits per heavy atom. The monoisotopic (exact) mass is 252 g/mol. The molecule has 1 heterocycles. The molecule has 1 aromatic carbocycles. The molecule has 4 nitrogen and oxygen atoms in total. The van der Waals surface area contributed by atoms with Crippen molar-refractivity contribution in [2.24, 2.45) is 0 Å². The van der Waals surface area contributed by atoms with Crippen molar-refractivity contribution in [1.82, 2.24) is 10.2 Å². The molecule has 2 aromatic rings. The highest BCUT2D eigenvalue weighted by molar-refractivity contribution is 5.93. The maximum absolute atomic E-state index is 9.25. The number of fused-ring (bicyclic) bond motifs is 1. The minimum Gasteiger partial charge on any atom is -0.377 e. The highest BCUT2D eigenvalue weighted by Crippen LogP contribution is 2.39. The van der Waals surface area contributed by atoms with Crippen LogP contribution in [0.1, 0.15) is 38.3 Å². The molecule has 1 aromatic heterocycles. The summed E-state index contributed by atoms with van der Waals surface area (Å²) in [4.78, 5) is 0. The van der Waals surface area contributed by atoms with Gasteiger partial charge in [0, 0.05) is 10.9 Å². The summed E-state index contributed by atoms with van der Waals surface area (Å²) in [6.07, 6.45) is 4.63. The van der Waals surface area contributed by atoms with Gasteiger partial charge in [-0.2, -0.15) is 5.26 Å². The Balaban J connectivity index is 2.12. The van der Waals surface area contributed by atoms with Crippen LogP contribution in [0.5, 0.6) is 0 Å². The van der Waals surface area contributed by atoms with Gasteiger partial charge >= 0.3 is 0 Å². The molecule has 0 aliphatic heterocycles. The van der Waals surface area contributed by atoms with E-state index in [-0.39, 0.29) is 5.54 Å². The van der Waals surface area contributed by atoms with E-state index in [1.807, 2.05) is 24.3 Å². The van der Waals surface area contributed by atoms with Crippen LogP contribution in [-0.2, 0) is 0 Å². The Hall–Kier alpha value is -2.15. The van der Waals surface area contributed by atoms with E-state index < -0.39 is 0 Å². The molecule has 0 amide bonds. The van der Waals surface area contributed by atoms with E-state index in [9.17, 15) is 5.26 Å². The Labute approximate surface area is 112 Å². The molecular formula is C15H16N4. The SMILES string of the molecule is CCC1(Nc2c(C#N)nnc3ccccc23)CCC1. The van der Waals surface area contributed by atoms with Crippen molar-refractivity contribution < 1.29 is 0 Å². The summed E-state index contributed by atoms with van der Waals surface area (Å²) in [5.74, 6) is 0. The number of hydrogen-bond acceptors (Lipinski definition) is 4. The first-order valence-corrected chi connectivity index (χ1v) is 6.72.